The van der Waals surface area contributed by atoms with Crippen molar-refractivity contribution in [3.05, 3.63) is 35.1 Å². The van der Waals surface area contributed by atoms with Crippen LogP contribution in [0.5, 0.6) is 0 Å². The second kappa shape index (κ2) is 5.86. The summed E-state index contributed by atoms with van der Waals surface area (Å²) >= 11 is 0. The van der Waals surface area contributed by atoms with Crippen LogP contribution in [0.25, 0.3) is 0 Å². The van der Waals surface area contributed by atoms with E-state index in [0.717, 1.165) is 31.2 Å². The van der Waals surface area contributed by atoms with Gasteiger partial charge in [-0.1, -0.05) is 25.5 Å². The lowest BCUT2D eigenvalue weighted by Gasteiger charge is -2.10. The first-order valence-electron chi connectivity index (χ1n) is 5.64. The Morgan fingerprint density at radius 2 is 2.07 bits per heavy atom. The van der Waals surface area contributed by atoms with E-state index in [1.54, 1.807) is 6.92 Å². The van der Waals surface area contributed by atoms with Crippen molar-refractivity contribution in [3.8, 4) is 0 Å². The van der Waals surface area contributed by atoms with Crippen LogP contribution in [0, 0.1) is 12.7 Å². The van der Waals surface area contributed by atoms with Crippen molar-refractivity contribution in [2.75, 3.05) is 0 Å². The Labute approximate surface area is 91.5 Å². The van der Waals surface area contributed by atoms with Crippen LogP contribution < -0.4 is 5.73 Å². The minimum Gasteiger partial charge on any atom is -0.328 e. The van der Waals surface area contributed by atoms with Crippen molar-refractivity contribution in [3.63, 3.8) is 0 Å². The van der Waals surface area contributed by atoms with Crippen LogP contribution in [0.2, 0.25) is 0 Å². The molecule has 0 amide bonds. The molecule has 0 aliphatic rings. The predicted octanol–water partition coefficient (Wildman–Crippen LogP) is 3.19. The lowest BCUT2D eigenvalue weighted by atomic mass is 10.0. The molecule has 1 aromatic carbocycles. The fraction of sp³-hybridized carbons (Fsp3) is 0.538. The molecule has 0 fully saturated rings. The smallest absolute Gasteiger partial charge is 0.126 e. The first-order valence-corrected chi connectivity index (χ1v) is 5.64. The molecule has 0 heterocycles. The number of rotatable bonds is 5. The molecule has 1 aromatic rings. The number of benzene rings is 1. The van der Waals surface area contributed by atoms with Crippen molar-refractivity contribution in [2.24, 2.45) is 5.73 Å². The third-order valence-electron chi connectivity index (χ3n) is 2.69. The summed E-state index contributed by atoms with van der Waals surface area (Å²) in [5.41, 5.74) is 7.83. The summed E-state index contributed by atoms with van der Waals surface area (Å²) in [5, 5.41) is 0. The average molecular weight is 209 g/mol. The van der Waals surface area contributed by atoms with Gasteiger partial charge >= 0.3 is 0 Å². The van der Waals surface area contributed by atoms with Gasteiger partial charge in [-0.3, -0.25) is 0 Å². The van der Waals surface area contributed by atoms with Crippen molar-refractivity contribution >= 4 is 0 Å². The number of aryl methyl sites for hydroxylation is 2. The Balaban J connectivity index is 2.47. The maximum absolute atomic E-state index is 13.0. The summed E-state index contributed by atoms with van der Waals surface area (Å²) in [6.07, 6.45) is 4.13. The normalized spacial score (nSPS) is 12.8. The molecule has 0 spiro atoms. The van der Waals surface area contributed by atoms with Crippen LogP contribution in [0.15, 0.2) is 18.2 Å². The molecule has 0 saturated carbocycles. The van der Waals surface area contributed by atoms with Gasteiger partial charge in [0, 0.05) is 6.04 Å². The Bertz CT molecular complexity index is 309. The van der Waals surface area contributed by atoms with Crippen LogP contribution in [0.4, 0.5) is 4.39 Å². The molecule has 0 radical (unpaired) electrons. The molecule has 0 saturated heterocycles. The standard InChI is InChI=1S/C13H20FN/c1-3-4-12(15)7-5-11-6-8-13(14)10(2)9-11/h6,8-9,12H,3-5,7,15H2,1-2H3. The van der Waals surface area contributed by atoms with Crippen LogP contribution >= 0.6 is 0 Å². The summed E-state index contributed by atoms with van der Waals surface area (Å²) in [6.45, 7) is 3.94. The fourth-order valence-corrected chi connectivity index (χ4v) is 1.73. The molecule has 1 atom stereocenters. The largest absolute Gasteiger partial charge is 0.328 e. The van der Waals surface area contributed by atoms with Gasteiger partial charge in [-0.2, -0.15) is 0 Å². The van der Waals surface area contributed by atoms with Crippen molar-refractivity contribution in [1.29, 1.82) is 0 Å². The lowest BCUT2D eigenvalue weighted by molar-refractivity contribution is 0.560. The molecular formula is C13H20FN. The van der Waals surface area contributed by atoms with E-state index in [2.05, 4.69) is 6.92 Å². The summed E-state index contributed by atoms with van der Waals surface area (Å²) in [6, 6.07) is 5.57. The molecule has 84 valence electrons. The Morgan fingerprint density at radius 3 is 2.67 bits per heavy atom. The molecule has 0 aromatic heterocycles. The Morgan fingerprint density at radius 1 is 1.33 bits per heavy atom. The molecule has 15 heavy (non-hydrogen) atoms. The second-order valence-electron chi connectivity index (χ2n) is 4.17. The zero-order valence-electron chi connectivity index (χ0n) is 9.59. The molecule has 1 unspecified atom stereocenters. The third-order valence-corrected chi connectivity index (χ3v) is 2.69. The van der Waals surface area contributed by atoms with E-state index in [0.29, 0.717) is 0 Å². The monoisotopic (exact) mass is 209 g/mol. The minimum atomic E-state index is -0.128. The number of hydrogen-bond acceptors (Lipinski definition) is 1. The van der Waals surface area contributed by atoms with Crippen LogP contribution in [-0.4, -0.2) is 6.04 Å². The third kappa shape index (κ3) is 4.00. The summed E-state index contributed by atoms with van der Waals surface area (Å²) in [7, 11) is 0. The molecular weight excluding hydrogens is 189 g/mol. The maximum atomic E-state index is 13.0. The lowest BCUT2D eigenvalue weighted by Crippen LogP contribution is -2.20. The van der Waals surface area contributed by atoms with Gasteiger partial charge in [0.05, 0.1) is 0 Å². The van der Waals surface area contributed by atoms with Gasteiger partial charge in [-0.05, 0) is 43.4 Å². The van der Waals surface area contributed by atoms with Crippen LogP contribution in [0.3, 0.4) is 0 Å². The number of nitrogens with two attached hydrogens (primary N) is 1. The first-order chi connectivity index (χ1) is 7.13. The first kappa shape index (κ1) is 12.2. The van der Waals surface area contributed by atoms with Gasteiger partial charge < -0.3 is 5.73 Å². The summed E-state index contributed by atoms with van der Waals surface area (Å²) in [5.74, 6) is -0.128. The maximum Gasteiger partial charge on any atom is 0.126 e. The zero-order chi connectivity index (χ0) is 11.3. The van der Waals surface area contributed by atoms with Crippen molar-refractivity contribution in [2.45, 2.75) is 45.6 Å². The predicted molar refractivity (Wildman–Crippen MR) is 62.3 cm³/mol. The topological polar surface area (TPSA) is 26.0 Å². The van der Waals surface area contributed by atoms with E-state index in [9.17, 15) is 4.39 Å². The highest BCUT2D eigenvalue weighted by molar-refractivity contribution is 5.24. The van der Waals surface area contributed by atoms with E-state index < -0.39 is 0 Å². The second-order valence-corrected chi connectivity index (χ2v) is 4.17. The van der Waals surface area contributed by atoms with Gasteiger partial charge in [0.15, 0.2) is 0 Å². The van der Waals surface area contributed by atoms with Gasteiger partial charge in [0.2, 0.25) is 0 Å². The van der Waals surface area contributed by atoms with Crippen molar-refractivity contribution < 1.29 is 4.39 Å². The summed E-state index contributed by atoms with van der Waals surface area (Å²) in [4.78, 5) is 0. The molecule has 0 aliphatic heterocycles. The van der Waals surface area contributed by atoms with E-state index in [4.69, 9.17) is 5.73 Å². The molecule has 2 N–H and O–H groups in total. The van der Waals surface area contributed by atoms with Gasteiger partial charge in [0.25, 0.3) is 0 Å². The van der Waals surface area contributed by atoms with E-state index in [-0.39, 0.29) is 11.9 Å². The summed E-state index contributed by atoms with van der Waals surface area (Å²) < 4.78 is 13.0. The average Bonchev–Trinajstić information content (AvgIpc) is 2.20. The quantitative estimate of drug-likeness (QED) is 0.791. The molecule has 1 nitrogen and oxygen atoms in total. The zero-order valence-corrected chi connectivity index (χ0v) is 9.59. The van der Waals surface area contributed by atoms with Gasteiger partial charge in [-0.15, -0.1) is 0 Å². The van der Waals surface area contributed by atoms with E-state index in [1.807, 2.05) is 12.1 Å². The van der Waals surface area contributed by atoms with Gasteiger partial charge in [-0.25, -0.2) is 4.39 Å². The van der Waals surface area contributed by atoms with Gasteiger partial charge in [0.1, 0.15) is 5.82 Å². The molecule has 0 aliphatic carbocycles. The number of halogens is 1. The minimum absolute atomic E-state index is 0.128. The van der Waals surface area contributed by atoms with E-state index >= 15 is 0 Å². The Kier molecular flexibility index (Phi) is 4.76. The van der Waals surface area contributed by atoms with Crippen molar-refractivity contribution in [1.82, 2.24) is 0 Å². The highest BCUT2D eigenvalue weighted by Gasteiger charge is 2.03. The van der Waals surface area contributed by atoms with E-state index in [1.165, 1.54) is 11.6 Å². The molecule has 0 bridgehead atoms. The van der Waals surface area contributed by atoms with Crippen LogP contribution in [-0.2, 0) is 6.42 Å². The SMILES string of the molecule is CCCC(N)CCc1ccc(F)c(C)c1. The molecule has 2 heteroatoms. The number of hydrogen-bond donors (Lipinski definition) is 1. The highest BCUT2D eigenvalue weighted by Crippen LogP contribution is 2.12. The fourth-order valence-electron chi connectivity index (χ4n) is 1.73. The molecule has 1 rings (SSSR count). The highest BCUT2D eigenvalue weighted by atomic mass is 19.1. The Hall–Kier alpha value is -0.890. The van der Waals surface area contributed by atoms with Crippen LogP contribution in [0.1, 0.15) is 37.3 Å².